The summed E-state index contributed by atoms with van der Waals surface area (Å²) < 4.78 is 22.4. The molecule has 0 fully saturated rings. The van der Waals surface area contributed by atoms with Crippen molar-refractivity contribution in [1.29, 1.82) is 0 Å². The van der Waals surface area contributed by atoms with Crippen molar-refractivity contribution in [3.8, 4) is 0 Å². The highest BCUT2D eigenvalue weighted by molar-refractivity contribution is 7.89. The van der Waals surface area contributed by atoms with Gasteiger partial charge >= 0.3 is 0 Å². The molecule has 18 heavy (non-hydrogen) atoms. The Bertz CT molecular complexity index is 681. The number of nitrogens with zero attached hydrogens (tertiary/aromatic N) is 1. The zero-order valence-corrected chi connectivity index (χ0v) is 10.1. The molecular weight excluding hydrogens is 252 g/mol. The lowest BCUT2D eigenvalue weighted by molar-refractivity contribution is 0.103. The summed E-state index contributed by atoms with van der Waals surface area (Å²) >= 11 is 0. The maximum atomic E-state index is 12.0. The van der Waals surface area contributed by atoms with E-state index >= 15 is 0 Å². The third-order valence-electron chi connectivity index (χ3n) is 2.32. The Morgan fingerprint density at radius 2 is 1.89 bits per heavy atom. The van der Waals surface area contributed by atoms with Gasteiger partial charge in [0.2, 0.25) is 15.8 Å². The molecule has 0 radical (unpaired) electrons. The molecule has 2 aromatic rings. The van der Waals surface area contributed by atoms with Crippen LogP contribution < -0.4 is 5.14 Å². The van der Waals surface area contributed by atoms with E-state index in [1.54, 1.807) is 18.2 Å². The van der Waals surface area contributed by atoms with Gasteiger partial charge < -0.3 is 0 Å². The quantitative estimate of drug-likeness (QED) is 0.834. The third-order valence-corrected chi connectivity index (χ3v) is 3.23. The number of carbonyl (C=O) groups is 1. The summed E-state index contributed by atoms with van der Waals surface area (Å²) in [5.74, 6) is -0.346. The Balaban J connectivity index is 2.44. The van der Waals surface area contributed by atoms with E-state index in [1.165, 1.54) is 30.5 Å². The van der Waals surface area contributed by atoms with Crippen LogP contribution in [-0.2, 0) is 10.0 Å². The molecule has 2 rings (SSSR count). The van der Waals surface area contributed by atoms with Crippen LogP contribution in [0.3, 0.4) is 0 Å². The minimum Gasteiger partial charge on any atom is -0.287 e. The summed E-state index contributed by atoms with van der Waals surface area (Å²) in [7, 11) is -3.81. The van der Waals surface area contributed by atoms with E-state index in [0.29, 0.717) is 0 Å². The number of nitrogens with two attached hydrogens (primary N) is 1. The molecule has 1 aromatic carbocycles. The zero-order valence-electron chi connectivity index (χ0n) is 9.28. The summed E-state index contributed by atoms with van der Waals surface area (Å²) in [6, 6.07) is 10.5. The average molecular weight is 262 g/mol. The number of hydrogen-bond donors (Lipinski definition) is 1. The molecule has 0 saturated carbocycles. The van der Waals surface area contributed by atoms with E-state index in [9.17, 15) is 13.2 Å². The zero-order chi connectivity index (χ0) is 13.2. The van der Waals surface area contributed by atoms with E-state index in [-0.39, 0.29) is 21.9 Å². The molecule has 0 atom stereocenters. The molecule has 0 amide bonds. The van der Waals surface area contributed by atoms with Crippen molar-refractivity contribution in [3.63, 3.8) is 0 Å². The monoisotopic (exact) mass is 262 g/mol. The van der Waals surface area contributed by atoms with Gasteiger partial charge in [0.1, 0.15) is 5.69 Å². The average Bonchev–Trinajstić information content (AvgIpc) is 2.38. The highest BCUT2D eigenvalue weighted by Crippen LogP contribution is 2.13. The largest absolute Gasteiger partial charge is 0.287 e. The van der Waals surface area contributed by atoms with Gasteiger partial charge in [0.05, 0.1) is 4.90 Å². The van der Waals surface area contributed by atoms with Gasteiger partial charge in [0.15, 0.2) is 0 Å². The van der Waals surface area contributed by atoms with E-state index in [2.05, 4.69) is 4.98 Å². The topological polar surface area (TPSA) is 90.1 Å². The van der Waals surface area contributed by atoms with Crippen molar-refractivity contribution in [2.75, 3.05) is 0 Å². The van der Waals surface area contributed by atoms with Crippen LogP contribution in [0, 0.1) is 0 Å². The van der Waals surface area contributed by atoms with Gasteiger partial charge in [-0.2, -0.15) is 0 Å². The molecule has 0 bridgehead atoms. The minimum atomic E-state index is -3.81. The number of aromatic nitrogens is 1. The second-order valence-corrected chi connectivity index (χ2v) is 5.18. The first-order valence-corrected chi connectivity index (χ1v) is 6.62. The first kappa shape index (κ1) is 12.4. The maximum Gasteiger partial charge on any atom is 0.238 e. The number of pyridine rings is 1. The van der Waals surface area contributed by atoms with E-state index in [1.807, 2.05) is 0 Å². The summed E-state index contributed by atoms with van der Waals surface area (Å²) in [6.07, 6.45) is 1.50. The Morgan fingerprint density at radius 3 is 2.50 bits per heavy atom. The van der Waals surface area contributed by atoms with Crippen LogP contribution in [-0.4, -0.2) is 19.2 Å². The van der Waals surface area contributed by atoms with Gasteiger partial charge in [0, 0.05) is 11.8 Å². The van der Waals surface area contributed by atoms with E-state index in [4.69, 9.17) is 5.14 Å². The molecule has 92 valence electrons. The fourth-order valence-electron chi connectivity index (χ4n) is 1.46. The molecule has 0 aliphatic heterocycles. The van der Waals surface area contributed by atoms with E-state index in [0.717, 1.165) is 0 Å². The van der Waals surface area contributed by atoms with Crippen LogP contribution in [0.5, 0.6) is 0 Å². The number of ketones is 1. The Hall–Kier alpha value is -2.05. The van der Waals surface area contributed by atoms with E-state index < -0.39 is 10.0 Å². The van der Waals surface area contributed by atoms with Crippen molar-refractivity contribution in [1.82, 2.24) is 4.98 Å². The van der Waals surface area contributed by atoms with Crippen LogP contribution in [0.2, 0.25) is 0 Å². The normalized spacial score (nSPS) is 11.2. The van der Waals surface area contributed by atoms with Crippen LogP contribution in [0.1, 0.15) is 16.1 Å². The lowest BCUT2D eigenvalue weighted by Gasteiger charge is -2.02. The second kappa shape index (κ2) is 4.67. The molecule has 0 aliphatic carbocycles. The van der Waals surface area contributed by atoms with Gasteiger partial charge in [-0.3, -0.25) is 9.78 Å². The summed E-state index contributed by atoms with van der Waals surface area (Å²) in [4.78, 5) is 15.9. The Labute approximate surface area is 104 Å². The third kappa shape index (κ3) is 2.61. The minimum absolute atomic E-state index is 0.0933. The van der Waals surface area contributed by atoms with Gasteiger partial charge in [-0.25, -0.2) is 13.6 Å². The van der Waals surface area contributed by atoms with Crippen molar-refractivity contribution in [3.05, 3.63) is 59.9 Å². The number of sulfonamides is 1. The number of hydrogen-bond acceptors (Lipinski definition) is 4. The van der Waals surface area contributed by atoms with Crippen LogP contribution in [0.15, 0.2) is 53.6 Å². The van der Waals surface area contributed by atoms with Crippen molar-refractivity contribution in [2.24, 2.45) is 5.14 Å². The highest BCUT2D eigenvalue weighted by Gasteiger charge is 2.13. The predicted octanol–water partition coefficient (Wildman–Crippen LogP) is 0.960. The number of benzene rings is 1. The second-order valence-electron chi connectivity index (χ2n) is 3.62. The fourth-order valence-corrected chi connectivity index (χ4v) is 2.02. The Kier molecular flexibility index (Phi) is 3.22. The molecule has 6 heteroatoms. The number of rotatable bonds is 3. The summed E-state index contributed by atoms with van der Waals surface area (Å²) in [5, 5.41) is 5.01. The molecule has 0 aliphatic rings. The summed E-state index contributed by atoms with van der Waals surface area (Å²) in [5.41, 5.74) is 0.490. The molecular formula is C12H10N2O3S. The maximum absolute atomic E-state index is 12.0. The van der Waals surface area contributed by atoms with Gasteiger partial charge in [-0.05, 0) is 24.3 Å². The van der Waals surface area contributed by atoms with Gasteiger partial charge in [0.25, 0.3) is 0 Å². The van der Waals surface area contributed by atoms with Crippen molar-refractivity contribution in [2.45, 2.75) is 4.90 Å². The molecule has 0 spiro atoms. The van der Waals surface area contributed by atoms with Crippen molar-refractivity contribution >= 4 is 15.8 Å². The fraction of sp³-hybridized carbons (Fsp3) is 0. The Morgan fingerprint density at radius 1 is 1.11 bits per heavy atom. The number of primary sulfonamides is 1. The smallest absolute Gasteiger partial charge is 0.238 e. The lowest BCUT2D eigenvalue weighted by Crippen LogP contribution is -2.13. The molecule has 1 aromatic heterocycles. The molecule has 0 saturated heterocycles. The van der Waals surface area contributed by atoms with Crippen LogP contribution in [0.25, 0.3) is 0 Å². The number of carbonyl (C=O) groups excluding carboxylic acids is 1. The van der Waals surface area contributed by atoms with Crippen molar-refractivity contribution < 1.29 is 13.2 Å². The predicted molar refractivity (Wildman–Crippen MR) is 65.5 cm³/mol. The van der Waals surface area contributed by atoms with Crippen LogP contribution in [0.4, 0.5) is 0 Å². The van der Waals surface area contributed by atoms with Gasteiger partial charge in [-0.1, -0.05) is 18.2 Å². The summed E-state index contributed by atoms with van der Waals surface area (Å²) in [6.45, 7) is 0. The highest BCUT2D eigenvalue weighted by atomic mass is 32.2. The molecule has 5 nitrogen and oxygen atoms in total. The molecule has 1 heterocycles. The molecule has 0 unspecified atom stereocenters. The van der Waals surface area contributed by atoms with Crippen LogP contribution >= 0.6 is 0 Å². The van der Waals surface area contributed by atoms with Gasteiger partial charge in [-0.15, -0.1) is 0 Å². The first-order valence-electron chi connectivity index (χ1n) is 5.07. The lowest BCUT2D eigenvalue weighted by atomic mass is 10.1. The standard InChI is InChI=1S/C12H10N2O3S/c13-18(16,17)10-5-3-4-9(8-10)12(15)11-6-1-2-7-14-11/h1-8H,(H2,13,16,17). The SMILES string of the molecule is NS(=O)(=O)c1cccc(C(=O)c2ccccn2)c1. The first-order chi connectivity index (χ1) is 8.48. The molecule has 2 N–H and O–H groups in total.